The Labute approximate surface area is 128 Å². The average molecular weight is 296 g/mol. The Balaban J connectivity index is 1.95. The van der Waals surface area contributed by atoms with Gasteiger partial charge in [-0.1, -0.05) is 18.2 Å². The molecule has 2 aromatic carbocycles. The molecule has 3 rings (SSSR count). The van der Waals surface area contributed by atoms with Gasteiger partial charge < -0.3 is 15.4 Å². The number of ether oxygens (including phenoxy) is 1. The van der Waals surface area contributed by atoms with Crippen molar-refractivity contribution < 1.29 is 14.3 Å². The monoisotopic (exact) mass is 296 g/mol. The van der Waals surface area contributed by atoms with Gasteiger partial charge in [0.2, 0.25) is 5.91 Å². The molecule has 0 saturated carbocycles. The van der Waals surface area contributed by atoms with Gasteiger partial charge in [-0.2, -0.15) is 0 Å². The molecular formula is C17H16N2O3. The van der Waals surface area contributed by atoms with E-state index in [4.69, 9.17) is 4.74 Å². The van der Waals surface area contributed by atoms with Crippen LogP contribution >= 0.6 is 0 Å². The lowest BCUT2D eigenvalue weighted by Crippen LogP contribution is -2.34. The van der Waals surface area contributed by atoms with E-state index in [9.17, 15) is 9.59 Å². The number of hydrogen-bond donors (Lipinski definition) is 2. The maximum atomic E-state index is 11.7. The zero-order valence-electron chi connectivity index (χ0n) is 12.3. The van der Waals surface area contributed by atoms with Crippen LogP contribution in [-0.4, -0.2) is 17.9 Å². The first-order valence-electron chi connectivity index (χ1n) is 7.02. The van der Waals surface area contributed by atoms with Crippen LogP contribution in [0.15, 0.2) is 42.5 Å². The number of hydrogen-bond acceptors (Lipinski definition) is 3. The third kappa shape index (κ3) is 2.79. The highest BCUT2D eigenvalue weighted by atomic mass is 16.5. The van der Waals surface area contributed by atoms with Crippen LogP contribution in [0.3, 0.4) is 0 Å². The Morgan fingerprint density at radius 2 is 1.95 bits per heavy atom. The smallest absolute Gasteiger partial charge is 0.265 e. The molecule has 0 aromatic heterocycles. The van der Waals surface area contributed by atoms with Gasteiger partial charge in [-0.3, -0.25) is 9.59 Å². The highest BCUT2D eigenvalue weighted by Crippen LogP contribution is 2.34. The second-order valence-corrected chi connectivity index (χ2v) is 5.22. The molecule has 0 radical (unpaired) electrons. The summed E-state index contributed by atoms with van der Waals surface area (Å²) in [4.78, 5) is 22.8. The number of carbonyl (C=O) groups excluding carboxylic acids is 2. The molecule has 112 valence electrons. The topological polar surface area (TPSA) is 67.4 Å². The Kier molecular flexibility index (Phi) is 3.55. The normalized spacial score (nSPS) is 16.3. The fourth-order valence-electron chi connectivity index (χ4n) is 2.37. The fourth-order valence-corrected chi connectivity index (χ4v) is 2.37. The van der Waals surface area contributed by atoms with Crippen molar-refractivity contribution >= 4 is 23.2 Å². The second-order valence-electron chi connectivity index (χ2n) is 5.22. The maximum absolute atomic E-state index is 11.7. The number of amides is 2. The van der Waals surface area contributed by atoms with Gasteiger partial charge in [0.15, 0.2) is 6.10 Å². The van der Waals surface area contributed by atoms with E-state index in [1.54, 1.807) is 6.92 Å². The molecule has 0 bridgehead atoms. The summed E-state index contributed by atoms with van der Waals surface area (Å²) in [6.45, 7) is 3.18. The molecule has 5 heteroatoms. The molecule has 1 unspecified atom stereocenters. The van der Waals surface area contributed by atoms with Crippen molar-refractivity contribution in [3.63, 3.8) is 0 Å². The molecule has 5 nitrogen and oxygen atoms in total. The summed E-state index contributed by atoms with van der Waals surface area (Å²) in [6, 6.07) is 13.2. The number of fused-ring (bicyclic) bond motifs is 1. The van der Waals surface area contributed by atoms with E-state index in [1.165, 1.54) is 6.92 Å². The van der Waals surface area contributed by atoms with Crippen LogP contribution in [0.2, 0.25) is 0 Å². The van der Waals surface area contributed by atoms with Crippen LogP contribution in [0.1, 0.15) is 13.8 Å². The summed E-state index contributed by atoms with van der Waals surface area (Å²) >= 11 is 0. The van der Waals surface area contributed by atoms with Gasteiger partial charge in [-0.15, -0.1) is 0 Å². The minimum absolute atomic E-state index is 0.114. The lowest BCUT2D eigenvalue weighted by atomic mass is 10.0. The van der Waals surface area contributed by atoms with Crippen LogP contribution in [0.5, 0.6) is 5.75 Å². The average Bonchev–Trinajstić information content (AvgIpc) is 2.47. The Morgan fingerprint density at radius 3 is 2.73 bits per heavy atom. The first-order valence-corrected chi connectivity index (χ1v) is 7.02. The molecule has 22 heavy (non-hydrogen) atoms. The first-order chi connectivity index (χ1) is 10.5. The van der Waals surface area contributed by atoms with Crippen LogP contribution in [-0.2, 0) is 9.59 Å². The first kappa shape index (κ1) is 14.1. The number of rotatable bonds is 2. The van der Waals surface area contributed by atoms with Crippen molar-refractivity contribution in [2.45, 2.75) is 20.0 Å². The Morgan fingerprint density at radius 1 is 1.18 bits per heavy atom. The molecule has 1 heterocycles. The third-order valence-electron chi connectivity index (χ3n) is 3.43. The molecule has 0 spiro atoms. The molecule has 1 aliphatic heterocycles. The van der Waals surface area contributed by atoms with Crippen LogP contribution in [0, 0.1) is 0 Å². The number of benzene rings is 2. The molecule has 2 N–H and O–H groups in total. The number of nitrogens with one attached hydrogen (secondary N) is 2. The van der Waals surface area contributed by atoms with Gasteiger partial charge in [-0.05, 0) is 42.3 Å². The fraction of sp³-hybridized carbons (Fsp3) is 0.176. The molecule has 0 saturated heterocycles. The largest absolute Gasteiger partial charge is 0.479 e. The van der Waals surface area contributed by atoms with E-state index < -0.39 is 6.10 Å². The molecule has 2 aromatic rings. The Bertz CT molecular complexity index is 755. The van der Waals surface area contributed by atoms with Crippen molar-refractivity contribution in [2.75, 3.05) is 10.6 Å². The highest BCUT2D eigenvalue weighted by molar-refractivity contribution is 5.98. The van der Waals surface area contributed by atoms with E-state index in [0.717, 1.165) is 16.8 Å². The minimum Gasteiger partial charge on any atom is -0.479 e. The van der Waals surface area contributed by atoms with Gasteiger partial charge >= 0.3 is 0 Å². The molecule has 0 fully saturated rings. The van der Waals surface area contributed by atoms with Gasteiger partial charge in [0, 0.05) is 12.6 Å². The molecule has 1 atom stereocenters. The lowest BCUT2D eigenvalue weighted by molar-refractivity contribution is -0.122. The van der Waals surface area contributed by atoms with Gasteiger partial charge in [-0.25, -0.2) is 0 Å². The van der Waals surface area contributed by atoms with E-state index >= 15 is 0 Å². The SMILES string of the molecule is CC(=O)Nc1cccc(-c2ccc3c(c2)NC(=O)C(C)O3)c1. The summed E-state index contributed by atoms with van der Waals surface area (Å²) in [5.41, 5.74) is 3.27. The molecule has 0 aliphatic carbocycles. The minimum atomic E-state index is -0.485. The molecule has 2 amide bonds. The quantitative estimate of drug-likeness (QED) is 0.895. The van der Waals surface area contributed by atoms with Crippen molar-refractivity contribution in [2.24, 2.45) is 0 Å². The van der Waals surface area contributed by atoms with E-state index in [2.05, 4.69) is 10.6 Å². The van der Waals surface area contributed by atoms with Gasteiger partial charge in [0.1, 0.15) is 5.75 Å². The summed E-state index contributed by atoms with van der Waals surface area (Å²) in [6.07, 6.45) is -0.485. The highest BCUT2D eigenvalue weighted by Gasteiger charge is 2.23. The Hall–Kier alpha value is -2.82. The molecule has 1 aliphatic rings. The predicted octanol–water partition coefficient (Wildman–Crippen LogP) is 3.03. The van der Waals surface area contributed by atoms with Crippen LogP contribution in [0.4, 0.5) is 11.4 Å². The number of anilines is 2. The molecular weight excluding hydrogens is 280 g/mol. The third-order valence-corrected chi connectivity index (χ3v) is 3.43. The lowest BCUT2D eigenvalue weighted by Gasteiger charge is -2.23. The van der Waals surface area contributed by atoms with Crippen molar-refractivity contribution in [1.82, 2.24) is 0 Å². The number of carbonyl (C=O) groups is 2. The summed E-state index contributed by atoms with van der Waals surface area (Å²) in [5.74, 6) is 0.391. The van der Waals surface area contributed by atoms with Crippen LogP contribution < -0.4 is 15.4 Å². The van der Waals surface area contributed by atoms with E-state index in [-0.39, 0.29) is 11.8 Å². The summed E-state index contributed by atoms with van der Waals surface area (Å²) < 4.78 is 5.54. The van der Waals surface area contributed by atoms with E-state index in [1.807, 2.05) is 42.5 Å². The van der Waals surface area contributed by atoms with E-state index in [0.29, 0.717) is 11.4 Å². The standard InChI is InChI=1S/C17H16N2O3/c1-10-17(21)19-15-9-13(6-7-16(15)22-10)12-4-3-5-14(8-12)18-11(2)20/h3-10H,1-2H3,(H,18,20)(H,19,21). The van der Waals surface area contributed by atoms with Crippen molar-refractivity contribution in [1.29, 1.82) is 0 Å². The predicted molar refractivity (Wildman–Crippen MR) is 84.9 cm³/mol. The van der Waals surface area contributed by atoms with Gasteiger partial charge in [0.25, 0.3) is 5.91 Å². The zero-order valence-corrected chi connectivity index (χ0v) is 12.3. The maximum Gasteiger partial charge on any atom is 0.265 e. The van der Waals surface area contributed by atoms with Crippen LogP contribution in [0.25, 0.3) is 11.1 Å². The second kappa shape index (κ2) is 5.52. The summed E-state index contributed by atoms with van der Waals surface area (Å²) in [7, 11) is 0. The van der Waals surface area contributed by atoms with Crippen molar-refractivity contribution in [3.8, 4) is 16.9 Å². The summed E-state index contributed by atoms with van der Waals surface area (Å²) in [5, 5.41) is 5.59. The van der Waals surface area contributed by atoms with Gasteiger partial charge in [0.05, 0.1) is 5.69 Å². The van der Waals surface area contributed by atoms with Crippen molar-refractivity contribution in [3.05, 3.63) is 42.5 Å². The zero-order chi connectivity index (χ0) is 15.7.